The van der Waals surface area contributed by atoms with Crippen molar-refractivity contribution in [1.82, 2.24) is 15.2 Å². The van der Waals surface area contributed by atoms with Gasteiger partial charge in [-0.2, -0.15) is 0 Å². The number of hydrogen-bond acceptors (Lipinski definition) is 4. The minimum absolute atomic E-state index is 0.00357. The maximum atomic E-state index is 12.4. The van der Waals surface area contributed by atoms with Crippen LogP contribution < -0.4 is 5.32 Å². The van der Waals surface area contributed by atoms with Crippen LogP contribution >= 0.6 is 11.3 Å². The van der Waals surface area contributed by atoms with Gasteiger partial charge >= 0.3 is 0 Å². The minimum Gasteiger partial charge on any atom is -0.351 e. The number of rotatable bonds is 9. The number of thiazole rings is 1. The summed E-state index contributed by atoms with van der Waals surface area (Å²) in [5.74, 6) is 0.00357. The number of aryl methyl sites for hydroxylation is 1. The van der Waals surface area contributed by atoms with Crippen LogP contribution in [0.25, 0.3) is 0 Å². The zero-order valence-corrected chi connectivity index (χ0v) is 15.7. The molecule has 0 aliphatic carbocycles. The van der Waals surface area contributed by atoms with E-state index >= 15 is 0 Å². The quantitative estimate of drug-likeness (QED) is 0.708. The lowest BCUT2D eigenvalue weighted by Gasteiger charge is -2.17. The van der Waals surface area contributed by atoms with Crippen LogP contribution in [0.5, 0.6) is 0 Å². The van der Waals surface area contributed by atoms with Crippen molar-refractivity contribution in [3.8, 4) is 0 Å². The Balaban J connectivity index is 1.86. The number of carbonyl (C=O) groups is 1. The largest absolute Gasteiger partial charge is 0.351 e. The van der Waals surface area contributed by atoms with Crippen molar-refractivity contribution in [3.63, 3.8) is 0 Å². The van der Waals surface area contributed by atoms with Gasteiger partial charge in [-0.15, -0.1) is 11.3 Å². The van der Waals surface area contributed by atoms with Gasteiger partial charge in [-0.05, 0) is 38.5 Å². The molecule has 2 aromatic rings. The fourth-order valence-electron chi connectivity index (χ4n) is 2.63. The van der Waals surface area contributed by atoms with Gasteiger partial charge in [0.25, 0.3) is 5.91 Å². The Bertz CT molecular complexity index is 635. The van der Waals surface area contributed by atoms with Crippen LogP contribution in [-0.4, -0.2) is 42.0 Å². The Morgan fingerprint density at radius 1 is 1.21 bits per heavy atom. The fourth-order valence-corrected chi connectivity index (χ4v) is 3.65. The van der Waals surface area contributed by atoms with E-state index in [1.54, 1.807) is 0 Å². The first-order valence-corrected chi connectivity index (χ1v) is 9.46. The molecular formula is C19H27N3OS. The second-order valence-electron chi connectivity index (χ2n) is 5.82. The average molecular weight is 346 g/mol. The molecule has 0 unspecified atom stereocenters. The molecular weight excluding hydrogens is 318 g/mol. The van der Waals surface area contributed by atoms with Gasteiger partial charge in [0.15, 0.2) is 0 Å². The first-order valence-electron chi connectivity index (χ1n) is 8.64. The summed E-state index contributed by atoms with van der Waals surface area (Å²) in [5, 5.41) is 4.02. The Labute approximate surface area is 148 Å². The van der Waals surface area contributed by atoms with Crippen LogP contribution in [0.15, 0.2) is 30.3 Å². The summed E-state index contributed by atoms with van der Waals surface area (Å²) < 4.78 is 0. The lowest BCUT2D eigenvalue weighted by atomic mass is 10.2. The van der Waals surface area contributed by atoms with Gasteiger partial charge in [-0.3, -0.25) is 4.79 Å². The number of nitrogens with one attached hydrogen (secondary N) is 1. The van der Waals surface area contributed by atoms with Gasteiger partial charge in [0.2, 0.25) is 0 Å². The van der Waals surface area contributed by atoms with Crippen LogP contribution in [0.3, 0.4) is 0 Å². The summed E-state index contributed by atoms with van der Waals surface area (Å²) >= 11 is 1.50. The maximum Gasteiger partial charge on any atom is 0.263 e. The molecule has 24 heavy (non-hydrogen) atoms. The summed E-state index contributed by atoms with van der Waals surface area (Å²) in [6.45, 7) is 10.1. The highest BCUT2D eigenvalue weighted by molar-refractivity contribution is 7.13. The van der Waals surface area contributed by atoms with Crippen LogP contribution in [0.1, 0.15) is 46.2 Å². The third-order valence-corrected chi connectivity index (χ3v) is 5.23. The highest BCUT2D eigenvalue weighted by Gasteiger charge is 2.15. The van der Waals surface area contributed by atoms with E-state index in [1.165, 1.54) is 16.9 Å². The lowest BCUT2D eigenvalue weighted by molar-refractivity contribution is 0.0955. The average Bonchev–Trinajstić information content (AvgIpc) is 2.96. The van der Waals surface area contributed by atoms with Crippen molar-refractivity contribution in [1.29, 1.82) is 0 Å². The normalized spacial score (nSPS) is 11.0. The molecule has 1 aromatic carbocycles. The Morgan fingerprint density at radius 2 is 1.92 bits per heavy atom. The first-order chi connectivity index (χ1) is 11.6. The van der Waals surface area contributed by atoms with Crippen LogP contribution in [-0.2, 0) is 6.42 Å². The van der Waals surface area contributed by atoms with Gasteiger partial charge in [0.1, 0.15) is 4.88 Å². The Morgan fingerprint density at radius 3 is 2.58 bits per heavy atom. The molecule has 0 spiro atoms. The van der Waals surface area contributed by atoms with Crippen molar-refractivity contribution < 1.29 is 4.79 Å². The predicted octanol–water partition coefficient (Wildman–Crippen LogP) is 3.50. The number of carbonyl (C=O) groups excluding carboxylic acids is 1. The molecule has 0 atom stereocenters. The summed E-state index contributed by atoms with van der Waals surface area (Å²) in [6.07, 6.45) is 1.75. The van der Waals surface area contributed by atoms with E-state index in [9.17, 15) is 4.79 Å². The van der Waals surface area contributed by atoms with Crippen molar-refractivity contribution in [2.75, 3.05) is 26.2 Å². The molecule has 4 nitrogen and oxygen atoms in total. The summed E-state index contributed by atoms with van der Waals surface area (Å²) in [4.78, 5) is 20.0. The molecule has 0 radical (unpaired) electrons. The monoisotopic (exact) mass is 345 g/mol. The van der Waals surface area contributed by atoms with Gasteiger partial charge in [-0.25, -0.2) is 4.98 Å². The maximum absolute atomic E-state index is 12.4. The van der Waals surface area contributed by atoms with Crippen LogP contribution in [0, 0.1) is 6.92 Å². The topological polar surface area (TPSA) is 45.2 Å². The Hall–Kier alpha value is -1.72. The van der Waals surface area contributed by atoms with E-state index in [1.807, 2.05) is 25.1 Å². The molecule has 1 aromatic heterocycles. The van der Waals surface area contributed by atoms with Crippen molar-refractivity contribution in [2.45, 2.75) is 33.6 Å². The lowest BCUT2D eigenvalue weighted by Crippen LogP contribution is -2.29. The molecule has 0 aliphatic heterocycles. The van der Waals surface area contributed by atoms with E-state index in [0.29, 0.717) is 6.54 Å². The summed E-state index contributed by atoms with van der Waals surface area (Å²) in [7, 11) is 0. The summed E-state index contributed by atoms with van der Waals surface area (Å²) in [5.41, 5.74) is 2.05. The fraction of sp³-hybridized carbons (Fsp3) is 0.474. The highest BCUT2D eigenvalue weighted by atomic mass is 32.1. The number of hydrogen-bond donors (Lipinski definition) is 1. The minimum atomic E-state index is 0.00357. The SMILES string of the molecule is CCN(CC)CCCNC(=O)c1sc(Cc2ccccc2)nc1C. The first kappa shape index (κ1) is 18.6. The molecule has 0 saturated carbocycles. The molecule has 2 rings (SSSR count). The van der Waals surface area contributed by atoms with Crippen LogP contribution in [0.2, 0.25) is 0 Å². The second kappa shape index (κ2) is 9.55. The standard InChI is InChI=1S/C19H27N3OS/c1-4-22(5-2)13-9-12-20-19(23)18-15(3)21-17(24-18)14-16-10-7-6-8-11-16/h6-8,10-11H,4-5,9,12-14H2,1-3H3,(H,20,23). The predicted molar refractivity (Wildman–Crippen MR) is 101 cm³/mol. The van der Waals surface area contributed by atoms with E-state index in [-0.39, 0.29) is 5.91 Å². The molecule has 1 N–H and O–H groups in total. The highest BCUT2D eigenvalue weighted by Crippen LogP contribution is 2.20. The molecule has 0 bridgehead atoms. The molecule has 0 saturated heterocycles. The second-order valence-corrected chi connectivity index (χ2v) is 6.90. The van der Waals surface area contributed by atoms with Gasteiger partial charge in [-0.1, -0.05) is 44.2 Å². The third kappa shape index (κ3) is 5.42. The van der Waals surface area contributed by atoms with Crippen molar-refractivity contribution in [2.24, 2.45) is 0 Å². The number of aromatic nitrogens is 1. The summed E-state index contributed by atoms with van der Waals surface area (Å²) in [6, 6.07) is 10.2. The molecule has 1 amide bonds. The van der Waals surface area contributed by atoms with Gasteiger partial charge in [0.05, 0.1) is 10.7 Å². The van der Waals surface area contributed by atoms with E-state index < -0.39 is 0 Å². The van der Waals surface area contributed by atoms with Crippen molar-refractivity contribution >= 4 is 17.2 Å². The smallest absolute Gasteiger partial charge is 0.263 e. The number of nitrogens with zero attached hydrogens (tertiary/aromatic N) is 2. The molecule has 130 valence electrons. The third-order valence-electron chi connectivity index (χ3n) is 4.08. The molecule has 0 aliphatic rings. The zero-order valence-electron chi connectivity index (χ0n) is 14.8. The van der Waals surface area contributed by atoms with E-state index in [2.05, 4.69) is 41.2 Å². The van der Waals surface area contributed by atoms with E-state index in [4.69, 9.17) is 0 Å². The van der Waals surface area contributed by atoms with Gasteiger partial charge in [0, 0.05) is 13.0 Å². The number of benzene rings is 1. The number of amides is 1. The molecule has 1 heterocycles. The zero-order chi connectivity index (χ0) is 17.4. The molecule has 5 heteroatoms. The molecule has 0 fully saturated rings. The Kier molecular flexibility index (Phi) is 7.40. The van der Waals surface area contributed by atoms with Gasteiger partial charge < -0.3 is 10.2 Å². The van der Waals surface area contributed by atoms with E-state index in [0.717, 1.165) is 48.1 Å². The van der Waals surface area contributed by atoms with Crippen molar-refractivity contribution in [3.05, 3.63) is 51.5 Å². The van der Waals surface area contributed by atoms with Crippen LogP contribution in [0.4, 0.5) is 0 Å².